The molecule has 0 atom stereocenters. The molecule has 2 aliphatic rings. The SMILES string of the molecule is COc1cc(=O)n2c(c1C(=O)N1CCSCC1)CCN(C(=O)Cc1ccn(C)c1)CC2. The number of ether oxygens (including phenoxy) is 1. The van der Waals surface area contributed by atoms with Gasteiger partial charge in [0, 0.05) is 81.9 Å². The van der Waals surface area contributed by atoms with Crippen LogP contribution in [0.3, 0.4) is 0 Å². The minimum absolute atomic E-state index is 0.0277. The van der Waals surface area contributed by atoms with Crippen LogP contribution in [-0.4, -0.2) is 75.5 Å². The van der Waals surface area contributed by atoms with Crippen LogP contribution in [0.15, 0.2) is 29.3 Å². The summed E-state index contributed by atoms with van der Waals surface area (Å²) in [6.45, 7) is 2.65. The molecule has 4 heterocycles. The molecule has 166 valence electrons. The number of rotatable bonds is 4. The second-order valence-corrected chi connectivity index (χ2v) is 9.15. The Morgan fingerprint density at radius 3 is 2.55 bits per heavy atom. The van der Waals surface area contributed by atoms with Gasteiger partial charge in [-0.1, -0.05) is 0 Å². The molecule has 8 nitrogen and oxygen atoms in total. The normalized spacial score (nSPS) is 16.6. The summed E-state index contributed by atoms with van der Waals surface area (Å²) in [5, 5.41) is 0. The summed E-state index contributed by atoms with van der Waals surface area (Å²) in [5.41, 5.74) is 1.90. The molecule has 4 rings (SSSR count). The molecule has 0 N–H and O–H groups in total. The number of amides is 2. The lowest BCUT2D eigenvalue weighted by Crippen LogP contribution is -2.39. The van der Waals surface area contributed by atoms with Gasteiger partial charge in [-0.15, -0.1) is 0 Å². The van der Waals surface area contributed by atoms with Crippen LogP contribution in [-0.2, 0) is 31.2 Å². The summed E-state index contributed by atoms with van der Waals surface area (Å²) in [6, 6.07) is 3.34. The van der Waals surface area contributed by atoms with Gasteiger partial charge in [-0.25, -0.2) is 0 Å². The number of pyridine rings is 1. The van der Waals surface area contributed by atoms with Crippen molar-refractivity contribution in [3.05, 3.63) is 51.7 Å². The lowest BCUT2D eigenvalue weighted by molar-refractivity contribution is -0.130. The molecule has 0 saturated carbocycles. The molecular formula is C22H28N4O4S. The van der Waals surface area contributed by atoms with Gasteiger partial charge in [0.2, 0.25) is 5.91 Å². The van der Waals surface area contributed by atoms with Crippen molar-refractivity contribution < 1.29 is 14.3 Å². The topological polar surface area (TPSA) is 76.8 Å². The van der Waals surface area contributed by atoms with E-state index >= 15 is 0 Å². The van der Waals surface area contributed by atoms with Crippen molar-refractivity contribution in [1.82, 2.24) is 18.9 Å². The van der Waals surface area contributed by atoms with Gasteiger partial charge in [0.1, 0.15) is 11.3 Å². The standard InChI is InChI=1S/C22H28N4O4S/c1-23-5-3-16(15-23)13-19(27)24-6-4-17-21(22(29)25-9-11-31-12-10-25)18(30-2)14-20(28)26(17)8-7-24/h3,5,14-15H,4,6-13H2,1-2H3. The minimum Gasteiger partial charge on any atom is -0.496 e. The number of aryl methyl sites for hydroxylation is 1. The van der Waals surface area contributed by atoms with E-state index in [1.165, 1.54) is 13.2 Å². The highest BCUT2D eigenvalue weighted by atomic mass is 32.2. The van der Waals surface area contributed by atoms with Crippen LogP contribution in [0.25, 0.3) is 0 Å². The largest absolute Gasteiger partial charge is 0.496 e. The Morgan fingerprint density at radius 1 is 1.10 bits per heavy atom. The first kappa shape index (κ1) is 21.5. The summed E-state index contributed by atoms with van der Waals surface area (Å²) in [4.78, 5) is 42.6. The predicted molar refractivity (Wildman–Crippen MR) is 120 cm³/mol. The molecule has 2 aliphatic heterocycles. The number of methoxy groups -OCH3 is 1. The quantitative estimate of drug-likeness (QED) is 0.704. The van der Waals surface area contributed by atoms with Crippen molar-refractivity contribution in [3.8, 4) is 5.75 Å². The van der Waals surface area contributed by atoms with Gasteiger partial charge in [-0.05, 0) is 11.6 Å². The highest BCUT2D eigenvalue weighted by Gasteiger charge is 2.29. The maximum absolute atomic E-state index is 13.4. The first-order valence-electron chi connectivity index (χ1n) is 10.5. The summed E-state index contributed by atoms with van der Waals surface area (Å²) in [6.07, 6.45) is 4.63. The van der Waals surface area contributed by atoms with Crippen molar-refractivity contribution in [2.75, 3.05) is 44.8 Å². The number of fused-ring (bicyclic) bond motifs is 1. The number of hydrogen-bond donors (Lipinski definition) is 0. The van der Waals surface area contributed by atoms with E-state index in [9.17, 15) is 14.4 Å². The summed E-state index contributed by atoms with van der Waals surface area (Å²) in [5.74, 6) is 2.07. The molecule has 0 bridgehead atoms. The fourth-order valence-electron chi connectivity index (χ4n) is 4.27. The van der Waals surface area contributed by atoms with Gasteiger partial charge in [0.25, 0.3) is 11.5 Å². The molecule has 0 radical (unpaired) electrons. The lowest BCUT2D eigenvalue weighted by Gasteiger charge is -2.28. The van der Waals surface area contributed by atoms with Crippen molar-refractivity contribution in [2.45, 2.75) is 19.4 Å². The third kappa shape index (κ3) is 4.51. The van der Waals surface area contributed by atoms with Crippen LogP contribution < -0.4 is 10.3 Å². The molecule has 1 saturated heterocycles. The smallest absolute Gasteiger partial charge is 0.259 e. The maximum atomic E-state index is 13.4. The Labute approximate surface area is 185 Å². The molecule has 0 aromatic carbocycles. The third-order valence-electron chi connectivity index (χ3n) is 5.93. The lowest BCUT2D eigenvalue weighted by atomic mass is 10.1. The highest BCUT2D eigenvalue weighted by molar-refractivity contribution is 7.99. The molecule has 0 spiro atoms. The van der Waals surface area contributed by atoms with Gasteiger partial charge >= 0.3 is 0 Å². The van der Waals surface area contributed by atoms with Gasteiger partial charge in [0.15, 0.2) is 0 Å². The summed E-state index contributed by atoms with van der Waals surface area (Å²) in [7, 11) is 3.41. The molecule has 0 aliphatic carbocycles. The van der Waals surface area contributed by atoms with E-state index < -0.39 is 0 Å². The van der Waals surface area contributed by atoms with Crippen LogP contribution in [0.1, 0.15) is 21.6 Å². The molecule has 1 fully saturated rings. The van der Waals surface area contributed by atoms with Crippen LogP contribution in [0.5, 0.6) is 5.75 Å². The summed E-state index contributed by atoms with van der Waals surface area (Å²) < 4.78 is 9.02. The second kappa shape index (κ2) is 9.21. The Bertz CT molecular complexity index is 1040. The number of aromatic nitrogens is 2. The zero-order chi connectivity index (χ0) is 22.0. The number of carbonyl (C=O) groups is 2. The van der Waals surface area contributed by atoms with Crippen molar-refractivity contribution in [3.63, 3.8) is 0 Å². The van der Waals surface area contributed by atoms with E-state index in [0.717, 1.165) is 17.1 Å². The van der Waals surface area contributed by atoms with Crippen molar-refractivity contribution >= 4 is 23.6 Å². The zero-order valence-electron chi connectivity index (χ0n) is 18.0. The highest BCUT2D eigenvalue weighted by Crippen LogP contribution is 2.26. The second-order valence-electron chi connectivity index (χ2n) is 7.92. The number of carbonyl (C=O) groups excluding carboxylic acids is 2. The predicted octanol–water partition coefficient (Wildman–Crippen LogP) is 1.01. The van der Waals surface area contributed by atoms with Gasteiger partial charge in [-0.3, -0.25) is 14.4 Å². The molecule has 2 amide bonds. The molecule has 31 heavy (non-hydrogen) atoms. The molecule has 0 unspecified atom stereocenters. The molecule has 2 aromatic heterocycles. The maximum Gasteiger partial charge on any atom is 0.259 e. The van der Waals surface area contributed by atoms with Crippen LogP contribution in [0, 0.1) is 0 Å². The van der Waals surface area contributed by atoms with E-state index in [1.807, 2.05) is 46.7 Å². The van der Waals surface area contributed by atoms with Gasteiger partial charge in [-0.2, -0.15) is 11.8 Å². The fraction of sp³-hybridized carbons (Fsp3) is 0.500. The van der Waals surface area contributed by atoms with Gasteiger partial charge < -0.3 is 23.7 Å². The third-order valence-corrected chi connectivity index (χ3v) is 6.87. The van der Waals surface area contributed by atoms with Gasteiger partial charge in [0.05, 0.1) is 13.5 Å². The zero-order valence-corrected chi connectivity index (χ0v) is 18.8. The Balaban J connectivity index is 1.60. The molecule has 9 heteroatoms. The van der Waals surface area contributed by atoms with Crippen molar-refractivity contribution in [1.29, 1.82) is 0 Å². The average Bonchev–Trinajstić information content (AvgIpc) is 3.05. The van der Waals surface area contributed by atoms with E-state index in [1.54, 1.807) is 9.47 Å². The Kier molecular flexibility index (Phi) is 6.41. The van der Waals surface area contributed by atoms with Crippen molar-refractivity contribution in [2.24, 2.45) is 7.05 Å². The minimum atomic E-state index is -0.199. The Morgan fingerprint density at radius 2 is 1.87 bits per heavy atom. The average molecular weight is 445 g/mol. The van der Waals surface area contributed by atoms with E-state index in [2.05, 4.69) is 0 Å². The monoisotopic (exact) mass is 444 g/mol. The molecular weight excluding hydrogens is 416 g/mol. The summed E-state index contributed by atoms with van der Waals surface area (Å²) >= 11 is 1.84. The van der Waals surface area contributed by atoms with Crippen LogP contribution >= 0.6 is 11.8 Å². The Hall–Kier alpha value is -2.68. The number of thioether (sulfide) groups is 1. The first-order chi connectivity index (χ1) is 15.0. The van der Waals surface area contributed by atoms with E-state index in [-0.39, 0.29) is 17.4 Å². The number of nitrogens with zero attached hydrogens (tertiary/aromatic N) is 4. The van der Waals surface area contributed by atoms with E-state index in [0.29, 0.717) is 62.6 Å². The van der Waals surface area contributed by atoms with Crippen LogP contribution in [0.4, 0.5) is 0 Å². The first-order valence-corrected chi connectivity index (χ1v) is 11.7. The van der Waals surface area contributed by atoms with E-state index in [4.69, 9.17) is 4.74 Å². The van der Waals surface area contributed by atoms with Crippen LogP contribution in [0.2, 0.25) is 0 Å². The number of hydrogen-bond acceptors (Lipinski definition) is 5. The fourth-order valence-corrected chi connectivity index (χ4v) is 5.17. The molecule has 2 aromatic rings.